The average molecular weight is 401 g/mol. The zero-order chi connectivity index (χ0) is 17.8. The molecule has 6 heteroatoms. The Morgan fingerprint density at radius 2 is 1.80 bits per heavy atom. The van der Waals surface area contributed by atoms with Crippen LogP contribution in [0.5, 0.6) is 0 Å². The average Bonchev–Trinajstić information content (AvgIpc) is 2.60. The van der Waals surface area contributed by atoms with E-state index >= 15 is 0 Å². The zero-order valence-corrected chi connectivity index (χ0v) is 15.2. The van der Waals surface area contributed by atoms with Crippen molar-refractivity contribution in [1.29, 1.82) is 0 Å². The highest BCUT2D eigenvalue weighted by molar-refractivity contribution is 9.10. The van der Waals surface area contributed by atoms with Gasteiger partial charge in [-0.25, -0.2) is 9.59 Å². The van der Waals surface area contributed by atoms with Crippen molar-refractivity contribution in [3.05, 3.63) is 81.5 Å². The third-order valence-corrected chi connectivity index (χ3v) is 4.64. The highest BCUT2D eigenvalue weighted by atomic mass is 79.9. The van der Waals surface area contributed by atoms with Crippen LogP contribution in [0.2, 0.25) is 0 Å². The van der Waals surface area contributed by atoms with Crippen LogP contribution in [0.25, 0.3) is 0 Å². The number of carbonyl (C=O) groups is 2. The molecule has 0 unspecified atom stereocenters. The van der Waals surface area contributed by atoms with Crippen molar-refractivity contribution in [1.82, 2.24) is 10.6 Å². The van der Waals surface area contributed by atoms with Crippen LogP contribution >= 0.6 is 15.9 Å². The molecule has 1 aliphatic heterocycles. The van der Waals surface area contributed by atoms with Crippen molar-refractivity contribution in [3.63, 3.8) is 0 Å². The summed E-state index contributed by atoms with van der Waals surface area (Å²) < 4.78 is 6.27. The quantitative estimate of drug-likeness (QED) is 0.766. The van der Waals surface area contributed by atoms with Crippen LogP contribution in [0.3, 0.4) is 0 Å². The second kappa shape index (κ2) is 7.53. The van der Waals surface area contributed by atoms with E-state index in [0.29, 0.717) is 11.3 Å². The number of urea groups is 1. The standard InChI is InChI=1S/C19H17BrN2O3/c1-12-16(18(23)25-11-13-7-3-2-4-8-13)17(22-19(24)21-12)14-9-5-6-10-15(14)20/h2-10,17H,11H2,1H3,(H2,21,22,24)/t17-/m1/s1. The lowest BCUT2D eigenvalue weighted by Crippen LogP contribution is -2.45. The van der Waals surface area contributed by atoms with Crippen LogP contribution in [0.1, 0.15) is 24.1 Å². The van der Waals surface area contributed by atoms with Crippen LogP contribution in [-0.4, -0.2) is 12.0 Å². The van der Waals surface area contributed by atoms with Crippen molar-refractivity contribution in [3.8, 4) is 0 Å². The lowest BCUT2D eigenvalue weighted by Gasteiger charge is -2.28. The molecule has 1 atom stereocenters. The van der Waals surface area contributed by atoms with Gasteiger partial charge >= 0.3 is 12.0 Å². The number of rotatable bonds is 4. The highest BCUT2D eigenvalue weighted by Crippen LogP contribution is 2.32. The summed E-state index contributed by atoms with van der Waals surface area (Å²) in [5.74, 6) is -0.463. The van der Waals surface area contributed by atoms with E-state index < -0.39 is 12.0 Å². The fourth-order valence-electron chi connectivity index (χ4n) is 2.71. The van der Waals surface area contributed by atoms with Crippen LogP contribution in [0, 0.1) is 0 Å². The number of benzene rings is 2. The number of esters is 1. The summed E-state index contributed by atoms with van der Waals surface area (Å²) in [4.78, 5) is 24.6. The van der Waals surface area contributed by atoms with E-state index in [1.807, 2.05) is 54.6 Å². The molecule has 0 radical (unpaired) electrons. The molecule has 2 aromatic carbocycles. The smallest absolute Gasteiger partial charge is 0.338 e. The van der Waals surface area contributed by atoms with Crippen molar-refractivity contribution >= 4 is 27.9 Å². The van der Waals surface area contributed by atoms with Crippen LogP contribution in [-0.2, 0) is 16.1 Å². The number of amides is 2. The first-order valence-electron chi connectivity index (χ1n) is 7.80. The Hall–Kier alpha value is -2.60. The van der Waals surface area contributed by atoms with Gasteiger partial charge in [0.2, 0.25) is 0 Å². The monoisotopic (exact) mass is 400 g/mol. The third-order valence-electron chi connectivity index (χ3n) is 3.92. The maximum Gasteiger partial charge on any atom is 0.338 e. The molecule has 0 bridgehead atoms. The van der Waals surface area contributed by atoms with Gasteiger partial charge in [-0.05, 0) is 24.1 Å². The van der Waals surface area contributed by atoms with Gasteiger partial charge in [0.25, 0.3) is 0 Å². The molecule has 1 aliphatic rings. The first kappa shape index (κ1) is 17.2. The molecule has 0 spiro atoms. The number of carbonyl (C=O) groups excluding carboxylic acids is 2. The molecule has 0 saturated heterocycles. The van der Waals surface area contributed by atoms with Crippen molar-refractivity contribution in [2.45, 2.75) is 19.6 Å². The van der Waals surface area contributed by atoms with E-state index in [-0.39, 0.29) is 12.6 Å². The number of hydrogen-bond donors (Lipinski definition) is 2. The lowest BCUT2D eigenvalue weighted by molar-refractivity contribution is -0.140. The molecule has 2 amide bonds. The largest absolute Gasteiger partial charge is 0.457 e. The van der Waals surface area contributed by atoms with Gasteiger partial charge in [0.15, 0.2) is 0 Å². The minimum Gasteiger partial charge on any atom is -0.457 e. The molecular weight excluding hydrogens is 384 g/mol. The van der Waals surface area contributed by atoms with Gasteiger partial charge < -0.3 is 15.4 Å². The van der Waals surface area contributed by atoms with E-state index in [2.05, 4.69) is 26.6 Å². The Morgan fingerprint density at radius 3 is 2.52 bits per heavy atom. The Bertz CT molecular complexity index is 834. The van der Waals surface area contributed by atoms with Crippen molar-refractivity contribution in [2.75, 3.05) is 0 Å². The predicted octanol–water partition coefficient (Wildman–Crippen LogP) is 3.82. The summed E-state index contributed by atoms with van der Waals surface area (Å²) in [7, 11) is 0. The molecule has 25 heavy (non-hydrogen) atoms. The predicted molar refractivity (Wildman–Crippen MR) is 97.5 cm³/mol. The molecule has 0 aromatic heterocycles. The Kier molecular flexibility index (Phi) is 5.19. The van der Waals surface area contributed by atoms with Gasteiger partial charge in [0, 0.05) is 10.2 Å². The number of nitrogens with one attached hydrogen (secondary N) is 2. The number of allylic oxidation sites excluding steroid dienone is 1. The molecule has 0 saturated carbocycles. The van der Waals surface area contributed by atoms with E-state index in [4.69, 9.17) is 4.74 Å². The summed E-state index contributed by atoms with van der Waals surface area (Å²) in [6, 6.07) is 16.0. The van der Waals surface area contributed by atoms with Gasteiger partial charge in [-0.2, -0.15) is 0 Å². The summed E-state index contributed by atoms with van der Waals surface area (Å²) in [5, 5.41) is 5.44. The van der Waals surface area contributed by atoms with Gasteiger partial charge in [-0.15, -0.1) is 0 Å². The SMILES string of the molecule is CC1=C(C(=O)OCc2ccccc2)[C@@H](c2ccccc2Br)NC(=O)N1. The van der Waals surface area contributed by atoms with Gasteiger partial charge in [-0.3, -0.25) is 0 Å². The van der Waals surface area contributed by atoms with Gasteiger partial charge in [0.05, 0.1) is 11.6 Å². The minimum atomic E-state index is -0.576. The topological polar surface area (TPSA) is 67.4 Å². The van der Waals surface area contributed by atoms with Gasteiger partial charge in [-0.1, -0.05) is 64.5 Å². The first-order chi connectivity index (χ1) is 12.1. The van der Waals surface area contributed by atoms with Crippen LogP contribution in [0.4, 0.5) is 4.79 Å². The number of hydrogen-bond acceptors (Lipinski definition) is 3. The van der Waals surface area contributed by atoms with Crippen molar-refractivity contribution < 1.29 is 14.3 Å². The molecule has 128 valence electrons. The number of ether oxygens (including phenoxy) is 1. The Morgan fingerprint density at radius 1 is 1.12 bits per heavy atom. The number of halogens is 1. The summed E-state index contributed by atoms with van der Waals surface area (Å²) in [5.41, 5.74) is 2.58. The van der Waals surface area contributed by atoms with E-state index in [1.165, 1.54) is 0 Å². The third kappa shape index (κ3) is 3.91. The second-order valence-electron chi connectivity index (χ2n) is 5.65. The van der Waals surface area contributed by atoms with E-state index in [0.717, 1.165) is 15.6 Å². The summed E-state index contributed by atoms with van der Waals surface area (Å²) >= 11 is 3.48. The summed E-state index contributed by atoms with van der Waals surface area (Å²) in [6.45, 7) is 1.87. The second-order valence-corrected chi connectivity index (χ2v) is 6.51. The van der Waals surface area contributed by atoms with Gasteiger partial charge in [0.1, 0.15) is 6.61 Å². The fourth-order valence-corrected chi connectivity index (χ4v) is 3.22. The normalized spacial score (nSPS) is 16.9. The summed E-state index contributed by atoms with van der Waals surface area (Å²) in [6.07, 6.45) is 0. The highest BCUT2D eigenvalue weighted by Gasteiger charge is 2.33. The Labute approximate surface area is 154 Å². The Balaban J connectivity index is 1.87. The maximum atomic E-state index is 12.7. The molecular formula is C19H17BrN2O3. The molecule has 2 N–H and O–H groups in total. The van der Waals surface area contributed by atoms with Crippen molar-refractivity contribution in [2.24, 2.45) is 0 Å². The molecule has 3 rings (SSSR count). The minimum absolute atomic E-state index is 0.174. The van der Waals surface area contributed by atoms with E-state index in [9.17, 15) is 9.59 Å². The molecule has 0 fully saturated rings. The van der Waals surface area contributed by atoms with E-state index in [1.54, 1.807) is 6.92 Å². The molecule has 1 heterocycles. The van der Waals surface area contributed by atoms with Crippen LogP contribution < -0.4 is 10.6 Å². The lowest BCUT2D eigenvalue weighted by atomic mass is 9.95. The maximum absolute atomic E-state index is 12.7. The molecule has 2 aromatic rings. The molecule has 0 aliphatic carbocycles. The zero-order valence-electron chi connectivity index (χ0n) is 13.6. The molecule has 5 nitrogen and oxygen atoms in total. The van der Waals surface area contributed by atoms with Crippen LogP contribution in [0.15, 0.2) is 70.3 Å². The first-order valence-corrected chi connectivity index (χ1v) is 8.59. The fraction of sp³-hybridized carbons (Fsp3) is 0.158.